The number of phenols is 2. The highest BCUT2D eigenvalue weighted by Gasteiger charge is 2.17. The Kier molecular flexibility index (Phi) is 4.14. The monoisotopic (exact) mass is 295 g/mol. The summed E-state index contributed by atoms with van der Waals surface area (Å²) in [6.45, 7) is 2.43. The maximum absolute atomic E-state index is 11.7. The molecule has 1 heterocycles. The normalized spacial score (nSPS) is 10.5. The van der Waals surface area contributed by atoms with Crippen molar-refractivity contribution in [2.75, 3.05) is 13.6 Å². The van der Waals surface area contributed by atoms with Crippen LogP contribution in [0.2, 0.25) is 0 Å². The molecular formula is C12H13N3O4S. The molecule has 2 N–H and O–H groups in total. The molecule has 0 atom stereocenters. The van der Waals surface area contributed by atoms with Crippen LogP contribution in [-0.2, 0) is 0 Å². The molecule has 106 valence electrons. The second-order valence-electron chi connectivity index (χ2n) is 3.96. The topological polar surface area (TPSA) is 99.7 Å². The number of rotatable bonds is 3. The molecule has 0 bridgehead atoms. The second-order valence-corrected chi connectivity index (χ2v) is 4.86. The van der Waals surface area contributed by atoms with Crippen LogP contribution in [0.15, 0.2) is 27.8 Å². The van der Waals surface area contributed by atoms with Crippen LogP contribution < -0.4 is 0 Å². The van der Waals surface area contributed by atoms with Gasteiger partial charge in [-0.05, 0) is 19.1 Å². The molecule has 0 aliphatic rings. The summed E-state index contributed by atoms with van der Waals surface area (Å²) in [6, 6.07) is 4.01. The molecule has 0 saturated carbocycles. The van der Waals surface area contributed by atoms with Crippen molar-refractivity contribution in [3.63, 3.8) is 0 Å². The van der Waals surface area contributed by atoms with Crippen LogP contribution in [0, 0.1) is 0 Å². The van der Waals surface area contributed by atoms with E-state index in [1.165, 1.54) is 23.1 Å². The van der Waals surface area contributed by atoms with E-state index in [4.69, 9.17) is 4.42 Å². The largest absolute Gasteiger partial charge is 0.508 e. The Morgan fingerprint density at radius 1 is 1.40 bits per heavy atom. The molecule has 7 nitrogen and oxygen atoms in total. The van der Waals surface area contributed by atoms with Crippen LogP contribution in [0.3, 0.4) is 0 Å². The lowest BCUT2D eigenvalue weighted by Crippen LogP contribution is -2.21. The number of nitrogens with zero attached hydrogens (tertiary/aromatic N) is 3. The van der Waals surface area contributed by atoms with E-state index in [0.717, 1.165) is 11.8 Å². The van der Waals surface area contributed by atoms with Crippen molar-refractivity contribution in [3.05, 3.63) is 18.2 Å². The van der Waals surface area contributed by atoms with Crippen LogP contribution >= 0.6 is 11.8 Å². The third-order valence-electron chi connectivity index (χ3n) is 2.58. The minimum Gasteiger partial charge on any atom is -0.508 e. The van der Waals surface area contributed by atoms with Gasteiger partial charge in [0, 0.05) is 31.4 Å². The summed E-state index contributed by atoms with van der Waals surface area (Å²) in [5, 5.41) is 26.3. The minimum absolute atomic E-state index is 0.0693. The number of carbonyl (C=O) groups excluding carboxylic acids is 1. The van der Waals surface area contributed by atoms with E-state index in [-0.39, 0.29) is 27.9 Å². The van der Waals surface area contributed by atoms with E-state index < -0.39 is 0 Å². The number of thioether (sulfide) groups is 1. The predicted octanol–water partition coefficient (Wildman–Crippen LogP) is 2.31. The second kappa shape index (κ2) is 5.83. The van der Waals surface area contributed by atoms with Gasteiger partial charge in [0.2, 0.25) is 0 Å². The fourth-order valence-electron chi connectivity index (χ4n) is 1.34. The van der Waals surface area contributed by atoms with Crippen molar-refractivity contribution >= 4 is 17.0 Å². The first-order valence-electron chi connectivity index (χ1n) is 5.80. The number of hydrogen-bond donors (Lipinski definition) is 2. The van der Waals surface area contributed by atoms with Gasteiger partial charge in [0.05, 0.1) is 5.56 Å². The van der Waals surface area contributed by atoms with Gasteiger partial charge >= 0.3 is 0 Å². The molecule has 1 aromatic heterocycles. The fraction of sp³-hybridized carbons (Fsp3) is 0.250. The number of hydrogen-bond acceptors (Lipinski definition) is 7. The van der Waals surface area contributed by atoms with Crippen molar-refractivity contribution < 1.29 is 19.4 Å². The van der Waals surface area contributed by atoms with Gasteiger partial charge < -0.3 is 19.5 Å². The van der Waals surface area contributed by atoms with Gasteiger partial charge in [-0.1, -0.05) is 0 Å². The summed E-state index contributed by atoms with van der Waals surface area (Å²) in [6.07, 6.45) is 0. The molecule has 0 aliphatic carbocycles. The van der Waals surface area contributed by atoms with E-state index in [2.05, 4.69) is 10.2 Å². The van der Waals surface area contributed by atoms with Gasteiger partial charge in [0.15, 0.2) is 0 Å². The van der Waals surface area contributed by atoms with E-state index in [1.807, 2.05) is 6.92 Å². The summed E-state index contributed by atoms with van der Waals surface area (Å²) in [5.74, 6) is -0.167. The Balaban J connectivity index is 2.18. The molecule has 2 rings (SSSR count). The summed E-state index contributed by atoms with van der Waals surface area (Å²) < 4.78 is 5.31. The van der Waals surface area contributed by atoms with Gasteiger partial charge in [-0.2, -0.15) is 0 Å². The van der Waals surface area contributed by atoms with Crippen LogP contribution in [0.25, 0.3) is 11.5 Å². The molecule has 2 aromatic rings. The maximum atomic E-state index is 11.7. The van der Waals surface area contributed by atoms with Crippen molar-refractivity contribution in [1.29, 1.82) is 0 Å². The zero-order chi connectivity index (χ0) is 14.7. The van der Waals surface area contributed by atoms with Crippen LogP contribution in [-0.4, -0.2) is 44.1 Å². The SMILES string of the molecule is CCN(C)C(=O)Sc1nnc(-c2ccc(O)cc2O)o1. The van der Waals surface area contributed by atoms with Gasteiger partial charge in [0.25, 0.3) is 16.4 Å². The summed E-state index contributed by atoms with van der Waals surface area (Å²) in [5.41, 5.74) is 0.290. The first kappa shape index (κ1) is 14.2. The first-order valence-corrected chi connectivity index (χ1v) is 6.61. The Labute approximate surface area is 119 Å². The van der Waals surface area contributed by atoms with Gasteiger partial charge in [-0.25, -0.2) is 0 Å². The van der Waals surface area contributed by atoms with Crippen molar-refractivity contribution in [2.24, 2.45) is 0 Å². The molecular weight excluding hydrogens is 282 g/mol. The van der Waals surface area contributed by atoms with E-state index in [9.17, 15) is 15.0 Å². The van der Waals surface area contributed by atoms with Gasteiger partial charge in [0.1, 0.15) is 11.5 Å². The summed E-state index contributed by atoms with van der Waals surface area (Å²) in [7, 11) is 1.67. The highest BCUT2D eigenvalue weighted by atomic mass is 32.2. The Hall–Kier alpha value is -2.22. The molecule has 1 aromatic carbocycles. The summed E-state index contributed by atoms with van der Waals surface area (Å²) in [4.78, 5) is 13.2. The standard InChI is InChI=1S/C12H13N3O4S/c1-3-15(2)12(18)20-11-14-13-10(19-11)8-5-4-7(16)6-9(8)17/h4-6,16-17H,3H2,1-2H3. The maximum Gasteiger partial charge on any atom is 0.290 e. The minimum atomic E-state index is -0.211. The zero-order valence-corrected chi connectivity index (χ0v) is 11.7. The fourth-order valence-corrected chi connectivity index (χ4v) is 1.98. The number of phenolic OH excluding ortho intramolecular Hbond substituents is 2. The number of carbonyl (C=O) groups is 1. The van der Waals surface area contributed by atoms with Crippen LogP contribution in [0.4, 0.5) is 4.79 Å². The van der Waals surface area contributed by atoms with Crippen LogP contribution in [0.5, 0.6) is 11.5 Å². The lowest BCUT2D eigenvalue weighted by Gasteiger charge is -2.11. The third-order valence-corrected chi connectivity index (χ3v) is 3.40. The molecule has 0 radical (unpaired) electrons. The number of aromatic hydroxyl groups is 2. The zero-order valence-electron chi connectivity index (χ0n) is 10.9. The first-order chi connectivity index (χ1) is 9.51. The van der Waals surface area contributed by atoms with Crippen molar-refractivity contribution in [1.82, 2.24) is 15.1 Å². The number of aromatic nitrogens is 2. The third kappa shape index (κ3) is 3.02. The molecule has 0 unspecified atom stereocenters. The van der Waals surface area contributed by atoms with Gasteiger partial charge in [-0.3, -0.25) is 4.79 Å². The van der Waals surface area contributed by atoms with E-state index >= 15 is 0 Å². The Morgan fingerprint density at radius 2 is 2.15 bits per heavy atom. The Bertz CT molecular complexity index is 629. The van der Waals surface area contributed by atoms with E-state index in [0.29, 0.717) is 12.1 Å². The highest BCUT2D eigenvalue weighted by Crippen LogP contribution is 2.32. The van der Waals surface area contributed by atoms with Crippen molar-refractivity contribution in [2.45, 2.75) is 12.1 Å². The lowest BCUT2D eigenvalue weighted by molar-refractivity contribution is 0.235. The van der Waals surface area contributed by atoms with E-state index in [1.54, 1.807) is 7.05 Å². The average molecular weight is 295 g/mol. The van der Waals surface area contributed by atoms with Crippen LogP contribution in [0.1, 0.15) is 6.92 Å². The highest BCUT2D eigenvalue weighted by molar-refractivity contribution is 8.13. The predicted molar refractivity (Wildman–Crippen MR) is 72.6 cm³/mol. The van der Waals surface area contributed by atoms with Crippen molar-refractivity contribution in [3.8, 4) is 23.0 Å². The molecule has 0 saturated heterocycles. The molecule has 0 fully saturated rings. The molecule has 1 amide bonds. The molecule has 0 aliphatic heterocycles. The molecule has 8 heteroatoms. The molecule has 20 heavy (non-hydrogen) atoms. The Morgan fingerprint density at radius 3 is 2.80 bits per heavy atom. The molecule has 0 spiro atoms. The average Bonchev–Trinajstić information content (AvgIpc) is 2.85. The number of benzene rings is 1. The lowest BCUT2D eigenvalue weighted by atomic mass is 10.2. The smallest absolute Gasteiger partial charge is 0.290 e. The summed E-state index contributed by atoms with van der Waals surface area (Å²) >= 11 is 0.817. The number of amides is 1. The quantitative estimate of drug-likeness (QED) is 0.838. The van der Waals surface area contributed by atoms with Gasteiger partial charge in [-0.15, -0.1) is 10.2 Å².